The topological polar surface area (TPSA) is 45.1 Å². The number of carbonyl (C=O) groups excluding carboxylic acids is 1. The number of aliphatic imine (C=N–C) groups is 1. The van der Waals surface area contributed by atoms with Crippen molar-refractivity contribution in [1.82, 2.24) is 4.90 Å². The number of thioether (sulfide) groups is 1. The summed E-state index contributed by atoms with van der Waals surface area (Å²) in [6.07, 6.45) is 1.86. The second-order valence-corrected chi connectivity index (χ2v) is 9.09. The minimum atomic E-state index is -0.221. The molecule has 2 aliphatic rings. The molecule has 1 amide bonds. The molecule has 5 rings (SSSR count). The number of ether oxygens (including phenoxy) is 1. The first-order valence-electron chi connectivity index (χ1n) is 11.2. The van der Waals surface area contributed by atoms with Crippen LogP contribution in [0.1, 0.15) is 11.1 Å². The highest BCUT2D eigenvalue weighted by Crippen LogP contribution is 2.31. The molecule has 1 fully saturated rings. The second-order valence-electron chi connectivity index (χ2n) is 8.08. The monoisotopic (exact) mass is 473 g/mol. The molecule has 0 spiro atoms. The highest BCUT2D eigenvalue weighted by molar-refractivity contribution is 8.18. The van der Waals surface area contributed by atoms with E-state index in [1.54, 1.807) is 12.1 Å². The summed E-state index contributed by atoms with van der Waals surface area (Å²) in [5.41, 5.74) is 2.65. The molecule has 0 aliphatic carbocycles. The van der Waals surface area contributed by atoms with Crippen molar-refractivity contribution in [2.45, 2.75) is 6.61 Å². The Bertz CT molecular complexity index is 1220. The molecular weight excluding hydrogens is 449 g/mol. The summed E-state index contributed by atoms with van der Waals surface area (Å²) in [5, 5.41) is 0.715. The average molecular weight is 474 g/mol. The molecule has 3 aromatic rings. The second kappa shape index (κ2) is 10.1. The number of anilines is 1. The lowest BCUT2D eigenvalue weighted by molar-refractivity contribution is -0.113. The number of nitrogens with zero attached hydrogens (tertiary/aromatic N) is 3. The largest absolute Gasteiger partial charge is 0.489 e. The van der Waals surface area contributed by atoms with Crippen LogP contribution in [-0.4, -0.2) is 42.2 Å². The molecule has 0 aromatic heterocycles. The van der Waals surface area contributed by atoms with E-state index in [0.717, 1.165) is 16.9 Å². The van der Waals surface area contributed by atoms with Gasteiger partial charge in [-0.05, 0) is 53.2 Å². The Kier molecular flexibility index (Phi) is 6.62. The smallest absolute Gasteiger partial charge is 0.286 e. The van der Waals surface area contributed by atoms with E-state index in [-0.39, 0.29) is 11.7 Å². The van der Waals surface area contributed by atoms with Crippen molar-refractivity contribution in [2.75, 3.05) is 31.1 Å². The normalized spacial score (nSPS) is 17.3. The average Bonchev–Trinajstić information content (AvgIpc) is 3.24. The summed E-state index contributed by atoms with van der Waals surface area (Å²) in [7, 11) is 0. The molecular formula is C27H24FN3O2S. The zero-order chi connectivity index (χ0) is 23.3. The molecule has 7 heteroatoms. The van der Waals surface area contributed by atoms with Gasteiger partial charge in [0.05, 0.1) is 10.6 Å². The molecule has 0 radical (unpaired) electrons. The lowest BCUT2D eigenvalue weighted by Gasteiger charge is -2.36. The summed E-state index contributed by atoms with van der Waals surface area (Å²) < 4.78 is 19.9. The van der Waals surface area contributed by atoms with E-state index in [1.807, 2.05) is 71.6 Å². The molecule has 0 bridgehead atoms. The van der Waals surface area contributed by atoms with Crippen LogP contribution < -0.4 is 9.64 Å². The number of rotatable bonds is 5. The van der Waals surface area contributed by atoms with Crippen LogP contribution in [0.2, 0.25) is 0 Å². The molecule has 0 unspecified atom stereocenters. The number of benzene rings is 3. The third-order valence-electron chi connectivity index (χ3n) is 5.78. The SMILES string of the molecule is O=C1N=C(N2CCN(c3ccccc3F)CC2)S/C1=C\c1ccc(OCc2ccccc2)cc1. The van der Waals surface area contributed by atoms with Crippen LogP contribution in [0.3, 0.4) is 0 Å². The quantitative estimate of drug-likeness (QED) is 0.477. The third-order valence-corrected chi connectivity index (χ3v) is 6.82. The van der Waals surface area contributed by atoms with Crippen LogP contribution in [0.4, 0.5) is 10.1 Å². The number of hydrogen-bond acceptors (Lipinski definition) is 5. The van der Waals surface area contributed by atoms with Crippen LogP contribution in [0.5, 0.6) is 5.75 Å². The molecule has 2 heterocycles. The maximum atomic E-state index is 14.1. The predicted octanol–water partition coefficient (Wildman–Crippen LogP) is 5.20. The summed E-state index contributed by atoms with van der Waals surface area (Å²) >= 11 is 1.40. The first-order chi connectivity index (χ1) is 16.7. The van der Waals surface area contributed by atoms with E-state index < -0.39 is 0 Å². The Labute approximate surface area is 202 Å². The summed E-state index contributed by atoms with van der Waals surface area (Å²) in [6.45, 7) is 3.25. The number of para-hydroxylation sites is 1. The summed E-state index contributed by atoms with van der Waals surface area (Å²) in [6, 6.07) is 24.5. The van der Waals surface area contributed by atoms with Gasteiger partial charge in [0, 0.05) is 26.2 Å². The van der Waals surface area contributed by atoms with Gasteiger partial charge in [0.15, 0.2) is 5.17 Å². The summed E-state index contributed by atoms with van der Waals surface area (Å²) in [4.78, 5) is 21.5. The Balaban J connectivity index is 1.17. The minimum Gasteiger partial charge on any atom is -0.489 e. The van der Waals surface area contributed by atoms with Gasteiger partial charge in [-0.25, -0.2) is 4.39 Å². The number of amidine groups is 1. The third kappa shape index (κ3) is 5.15. The molecule has 2 aliphatic heterocycles. The minimum absolute atomic E-state index is 0.208. The first kappa shape index (κ1) is 22.2. The maximum Gasteiger partial charge on any atom is 0.286 e. The van der Waals surface area contributed by atoms with Crippen molar-refractivity contribution < 1.29 is 13.9 Å². The van der Waals surface area contributed by atoms with Crippen molar-refractivity contribution in [3.05, 3.63) is 101 Å². The molecule has 0 N–H and O–H groups in total. The Morgan fingerprint density at radius 2 is 1.56 bits per heavy atom. The van der Waals surface area contributed by atoms with Crippen LogP contribution in [0, 0.1) is 5.82 Å². The van der Waals surface area contributed by atoms with Gasteiger partial charge < -0.3 is 14.5 Å². The summed E-state index contributed by atoms with van der Waals surface area (Å²) in [5.74, 6) is 0.349. The van der Waals surface area contributed by atoms with Gasteiger partial charge in [0.2, 0.25) is 0 Å². The van der Waals surface area contributed by atoms with Crippen molar-refractivity contribution in [1.29, 1.82) is 0 Å². The lowest BCUT2D eigenvalue weighted by atomic mass is 10.2. The molecule has 34 heavy (non-hydrogen) atoms. The molecule has 5 nitrogen and oxygen atoms in total. The molecule has 1 saturated heterocycles. The van der Waals surface area contributed by atoms with Gasteiger partial charge in [-0.1, -0.05) is 54.6 Å². The van der Waals surface area contributed by atoms with Gasteiger partial charge in [0.1, 0.15) is 18.2 Å². The highest BCUT2D eigenvalue weighted by Gasteiger charge is 2.29. The van der Waals surface area contributed by atoms with Gasteiger partial charge >= 0.3 is 0 Å². The highest BCUT2D eigenvalue weighted by atomic mass is 32.2. The molecule has 172 valence electrons. The Morgan fingerprint density at radius 1 is 0.882 bits per heavy atom. The van der Waals surface area contributed by atoms with E-state index >= 15 is 0 Å². The Morgan fingerprint density at radius 3 is 2.29 bits per heavy atom. The van der Waals surface area contributed by atoms with Gasteiger partial charge in [-0.2, -0.15) is 4.99 Å². The van der Waals surface area contributed by atoms with Crippen molar-refractivity contribution in [3.8, 4) is 5.75 Å². The van der Waals surface area contributed by atoms with E-state index in [0.29, 0.717) is 48.5 Å². The van der Waals surface area contributed by atoms with Crippen molar-refractivity contribution >= 4 is 34.6 Å². The van der Waals surface area contributed by atoms with Crippen LogP contribution >= 0.6 is 11.8 Å². The fourth-order valence-electron chi connectivity index (χ4n) is 3.93. The number of amides is 1. The maximum absolute atomic E-state index is 14.1. The van der Waals surface area contributed by atoms with E-state index in [2.05, 4.69) is 9.89 Å². The van der Waals surface area contributed by atoms with E-state index in [4.69, 9.17) is 4.74 Å². The zero-order valence-corrected chi connectivity index (χ0v) is 19.4. The molecule has 3 aromatic carbocycles. The van der Waals surface area contributed by atoms with Gasteiger partial charge in [-0.15, -0.1) is 0 Å². The Hall–Kier alpha value is -3.58. The van der Waals surface area contributed by atoms with E-state index in [1.165, 1.54) is 17.8 Å². The number of piperazine rings is 1. The van der Waals surface area contributed by atoms with Gasteiger partial charge in [0.25, 0.3) is 5.91 Å². The van der Waals surface area contributed by atoms with Crippen LogP contribution in [0.25, 0.3) is 6.08 Å². The number of halogens is 1. The first-order valence-corrected chi connectivity index (χ1v) is 12.0. The standard InChI is InChI=1S/C27H24FN3O2S/c28-23-8-4-5-9-24(23)30-14-16-31(17-15-30)27-29-26(32)25(34-27)18-20-10-12-22(13-11-20)33-19-21-6-2-1-3-7-21/h1-13,18H,14-17,19H2/b25-18-. The predicted molar refractivity (Wildman–Crippen MR) is 135 cm³/mol. The number of carbonyl (C=O) groups is 1. The van der Waals surface area contributed by atoms with Crippen LogP contribution in [-0.2, 0) is 11.4 Å². The van der Waals surface area contributed by atoms with Crippen molar-refractivity contribution in [2.24, 2.45) is 4.99 Å². The van der Waals surface area contributed by atoms with Crippen LogP contribution in [0.15, 0.2) is 88.8 Å². The molecule has 0 atom stereocenters. The fourth-order valence-corrected chi connectivity index (χ4v) is 4.90. The zero-order valence-electron chi connectivity index (χ0n) is 18.6. The number of hydrogen-bond donors (Lipinski definition) is 0. The fraction of sp³-hybridized carbons (Fsp3) is 0.185. The lowest BCUT2D eigenvalue weighted by Crippen LogP contribution is -2.48. The van der Waals surface area contributed by atoms with E-state index in [9.17, 15) is 9.18 Å². The van der Waals surface area contributed by atoms with Gasteiger partial charge in [-0.3, -0.25) is 4.79 Å². The molecule has 0 saturated carbocycles. The van der Waals surface area contributed by atoms with Crippen molar-refractivity contribution in [3.63, 3.8) is 0 Å².